The van der Waals surface area contributed by atoms with Crippen molar-refractivity contribution in [3.8, 4) is 0 Å². The Labute approximate surface area is 134 Å². The molecule has 1 N–H and O–H groups in total. The summed E-state index contributed by atoms with van der Waals surface area (Å²) in [5.74, 6) is -0.243. The molecule has 2 aromatic rings. The van der Waals surface area contributed by atoms with E-state index in [1.807, 2.05) is 25.1 Å². The molecule has 0 fully saturated rings. The van der Waals surface area contributed by atoms with Gasteiger partial charge in [0.25, 0.3) is 0 Å². The summed E-state index contributed by atoms with van der Waals surface area (Å²) in [5, 5.41) is 10.4. The Bertz CT molecular complexity index is 601. The molecule has 2 rings (SSSR count). The summed E-state index contributed by atoms with van der Waals surface area (Å²) in [6, 6.07) is 10.5. The van der Waals surface area contributed by atoms with Crippen molar-refractivity contribution >= 4 is 38.5 Å². The van der Waals surface area contributed by atoms with E-state index >= 15 is 0 Å². The van der Waals surface area contributed by atoms with Crippen molar-refractivity contribution in [2.75, 3.05) is 0 Å². The minimum absolute atomic E-state index is 0.243. The molecule has 0 heterocycles. The number of hydrogen-bond acceptors (Lipinski definition) is 1. The molecule has 0 amide bonds. The van der Waals surface area contributed by atoms with Gasteiger partial charge in [-0.2, -0.15) is 0 Å². The van der Waals surface area contributed by atoms with Crippen molar-refractivity contribution in [1.82, 2.24) is 0 Å². The van der Waals surface area contributed by atoms with Crippen LogP contribution in [0, 0.1) is 16.3 Å². The van der Waals surface area contributed by atoms with Gasteiger partial charge in [-0.1, -0.05) is 22.0 Å². The lowest BCUT2D eigenvalue weighted by atomic mass is 9.98. The molecular formula is C15H13BrFIO. The SMILES string of the molecule is Cc1cc(F)ccc1CC(O)c1cc(Br)ccc1I. The largest absolute Gasteiger partial charge is 0.388 e. The molecule has 19 heavy (non-hydrogen) atoms. The highest BCUT2D eigenvalue weighted by atomic mass is 127. The van der Waals surface area contributed by atoms with Crippen molar-refractivity contribution < 1.29 is 9.50 Å². The molecule has 0 aromatic heterocycles. The predicted molar refractivity (Wildman–Crippen MR) is 86.7 cm³/mol. The number of benzene rings is 2. The first-order chi connectivity index (χ1) is 8.97. The molecule has 2 aromatic carbocycles. The zero-order valence-electron chi connectivity index (χ0n) is 10.3. The van der Waals surface area contributed by atoms with E-state index < -0.39 is 6.10 Å². The van der Waals surface area contributed by atoms with Crippen LogP contribution in [0.25, 0.3) is 0 Å². The topological polar surface area (TPSA) is 20.2 Å². The van der Waals surface area contributed by atoms with Gasteiger partial charge in [0.2, 0.25) is 0 Å². The van der Waals surface area contributed by atoms with Gasteiger partial charge in [-0.15, -0.1) is 0 Å². The van der Waals surface area contributed by atoms with Gasteiger partial charge in [-0.25, -0.2) is 4.39 Å². The van der Waals surface area contributed by atoms with E-state index in [-0.39, 0.29) is 5.82 Å². The lowest BCUT2D eigenvalue weighted by molar-refractivity contribution is 0.177. The normalized spacial score (nSPS) is 12.5. The second kappa shape index (κ2) is 6.33. The molecule has 0 saturated heterocycles. The third-order valence-corrected chi connectivity index (χ3v) is 4.51. The Morgan fingerprint density at radius 1 is 1.26 bits per heavy atom. The summed E-state index contributed by atoms with van der Waals surface area (Å²) >= 11 is 5.62. The third kappa shape index (κ3) is 3.77. The first-order valence-corrected chi connectivity index (χ1v) is 7.72. The van der Waals surface area contributed by atoms with Gasteiger partial charge in [-0.3, -0.25) is 0 Å². The minimum atomic E-state index is -0.589. The van der Waals surface area contributed by atoms with Gasteiger partial charge in [0, 0.05) is 14.5 Å². The molecular weight excluding hydrogens is 422 g/mol. The number of hydrogen-bond donors (Lipinski definition) is 1. The maximum atomic E-state index is 13.1. The molecule has 1 atom stereocenters. The van der Waals surface area contributed by atoms with Crippen LogP contribution in [0.15, 0.2) is 40.9 Å². The van der Waals surface area contributed by atoms with Crippen molar-refractivity contribution in [3.63, 3.8) is 0 Å². The van der Waals surface area contributed by atoms with Crippen LogP contribution in [0.4, 0.5) is 4.39 Å². The van der Waals surface area contributed by atoms with Crippen LogP contribution < -0.4 is 0 Å². The van der Waals surface area contributed by atoms with Crippen molar-refractivity contribution in [2.24, 2.45) is 0 Å². The standard InChI is InChI=1S/C15H13BrFIO/c1-9-6-12(17)4-2-10(9)7-15(19)13-8-11(16)3-5-14(13)18/h2-6,8,15,19H,7H2,1H3. The second-order valence-corrected chi connectivity index (χ2v) is 6.53. The number of aliphatic hydroxyl groups is 1. The monoisotopic (exact) mass is 434 g/mol. The highest BCUT2D eigenvalue weighted by Crippen LogP contribution is 2.27. The Balaban J connectivity index is 2.25. The molecule has 0 saturated carbocycles. The van der Waals surface area contributed by atoms with Crippen LogP contribution in [0.3, 0.4) is 0 Å². The van der Waals surface area contributed by atoms with Gasteiger partial charge in [0.1, 0.15) is 5.82 Å². The van der Waals surface area contributed by atoms with E-state index in [4.69, 9.17) is 0 Å². The average molecular weight is 435 g/mol. The molecule has 1 unspecified atom stereocenters. The predicted octanol–water partition coefficient (Wildman–Crippen LogP) is 4.78. The Kier molecular flexibility index (Phi) is 4.97. The summed E-state index contributed by atoms with van der Waals surface area (Å²) in [5.41, 5.74) is 2.72. The van der Waals surface area contributed by atoms with Gasteiger partial charge in [0.05, 0.1) is 6.10 Å². The van der Waals surface area contributed by atoms with Crippen LogP contribution in [-0.2, 0) is 6.42 Å². The lowest BCUT2D eigenvalue weighted by Gasteiger charge is -2.15. The zero-order chi connectivity index (χ0) is 14.0. The van der Waals surface area contributed by atoms with E-state index in [0.29, 0.717) is 6.42 Å². The fraction of sp³-hybridized carbons (Fsp3) is 0.200. The van der Waals surface area contributed by atoms with Gasteiger partial charge < -0.3 is 5.11 Å². The average Bonchev–Trinajstić information content (AvgIpc) is 2.35. The molecule has 1 nitrogen and oxygen atoms in total. The van der Waals surface area contributed by atoms with Crippen LogP contribution in [0.2, 0.25) is 0 Å². The lowest BCUT2D eigenvalue weighted by Crippen LogP contribution is -2.05. The van der Waals surface area contributed by atoms with E-state index in [1.54, 1.807) is 6.07 Å². The number of aliphatic hydroxyl groups excluding tert-OH is 1. The van der Waals surface area contributed by atoms with Gasteiger partial charge in [-0.05, 0) is 76.5 Å². The zero-order valence-corrected chi connectivity index (χ0v) is 14.1. The summed E-state index contributed by atoms with van der Waals surface area (Å²) in [6.45, 7) is 1.86. The third-order valence-electron chi connectivity index (χ3n) is 3.03. The first kappa shape index (κ1) is 14.9. The van der Waals surface area contributed by atoms with Crippen molar-refractivity contribution in [2.45, 2.75) is 19.4 Å². The molecule has 0 spiro atoms. The Morgan fingerprint density at radius 3 is 2.68 bits per heavy atom. The smallest absolute Gasteiger partial charge is 0.123 e. The van der Waals surface area contributed by atoms with Crippen LogP contribution in [-0.4, -0.2) is 5.11 Å². The summed E-state index contributed by atoms with van der Waals surface area (Å²) < 4.78 is 15.0. The van der Waals surface area contributed by atoms with Crippen molar-refractivity contribution in [1.29, 1.82) is 0 Å². The van der Waals surface area contributed by atoms with Crippen LogP contribution in [0.5, 0.6) is 0 Å². The van der Waals surface area contributed by atoms with E-state index in [9.17, 15) is 9.50 Å². The number of halogens is 3. The molecule has 100 valence electrons. The van der Waals surface area contributed by atoms with Gasteiger partial charge in [0.15, 0.2) is 0 Å². The number of aryl methyl sites for hydroxylation is 1. The molecule has 0 radical (unpaired) electrons. The Hall–Kier alpha value is -0.460. The van der Waals surface area contributed by atoms with E-state index in [1.165, 1.54) is 12.1 Å². The highest BCUT2D eigenvalue weighted by molar-refractivity contribution is 14.1. The van der Waals surface area contributed by atoms with Crippen molar-refractivity contribution in [3.05, 3.63) is 66.9 Å². The maximum absolute atomic E-state index is 13.1. The highest BCUT2D eigenvalue weighted by Gasteiger charge is 2.14. The quantitative estimate of drug-likeness (QED) is 0.689. The Morgan fingerprint density at radius 2 is 2.00 bits per heavy atom. The number of rotatable bonds is 3. The van der Waals surface area contributed by atoms with E-state index in [0.717, 1.165) is 24.7 Å². The van der Waals surface area contributed by atoms with E-state index in [2.05, 4.69) is 38.5 Å². The van der Waals surface area contributed by atoms with Gasteiger partial charge >= 0.3 is 0 Å². The van der Waals surface area contributed by atoms with Crippen LogP contribution >= 0.6 is 38.5 Å². The molecule has 4 heteroatoms. The molecule has 0 aliphatic carbocycles. The minimum Gasteiger partial charge on any atom is -0.388 e. The van der Waals surface area contributed by atoms with Crippen LogP contribution in [0.1, 0.15) is 22.8 Å². The molecule has 0 aliphatic rings. The summed E-state index contributed by atoms with van der Waals surface area (Å²) in [7, 11) is 0. The summed E-state index contributed by atoms with van der Waals surface area (Å²) in [6.07, 6.45) is -0.105. The molecule has 0 aliphatic heterocycles. The second-order valence-electron chi connectivity index (χ2n) is 4.46. The summed E-state index contributed by atoms with van der Waals surface area (Å²) in [4.78, 5) is 0. The first-order valence-electron chi connectivity index (χ1n) is 5.85. The maximum Gasteiger partial charge on any atom is 0.123 e. The molecule has 0 bridgehead atoms. The fourth-order valence-electron chi connectivity index (χ4n) is 1.98. The fourth-order valence-corrected chi connectivity index (χ4v) is 3.05.